The molecule has 3 heteroatoms. The van der Waals surface area contributed by atoms with Gasteiger partial charge < -0.3 is 24.8 Å². The van der Waals surface area contributed by atoms with Crippen LogP contribution < -0.4 is 24.8 Å². The Morgan fingerprint density at radius 2 is 1.33 bits per heavy atom. The third kappa shape index (κ3) is 9.54. The van der Waals surface area contributed by atoms with E-state index in [9.17, 15) is 0 Å². The van der Waals surface area contributed by atoms with Crippen molar-refractivity contribution in [1.82, 2.24) is 0 Å². The zero-order chi connectivity index (χ0) is 28.7. The summed E-state index contributed by atoms with van der Waals surface area (Å²) in [4.78, 5) is 0. The first kappa shape index (κ1) is 35.8. The standard InChI is InChI=1S/C25H17.C11H17.C3H6.2ClH.Zr/c1-3-7-18(8-4-1)20-11-13-24-22(15-20)17-23-16-21(12-14-25(23)24)19-9-5-2-6-10-19;1-5-9-6-7-10(8-9)11(2,3)4;1-3-2;;;/h1-15H,17H2;6-8H,5H2,1-4H3;1-2H3;2*1H;/q2*-1;;;;+2/p-2. The Labute approximate surface area is 281 Å². The molecule has 0 amide bonds. The van der Waals surface area contributed by atoms with Gasteiger partial charge in [0, 0.05) is 0 Å². The SMILES string of the molecule is CCc1cc(C(C)(C)C)c[cH-]1.C[C](C)=[Zr+2].[Cl-].[Cl-].[c-]1c(-c2ccccc2)ccc2c1Cc1cc(-c3ccccc3)ccc1-2. The van der Waals surface area contributed by atoms with E-state index in [-0.39, 0.29) is 24.8 Å². The minimum Gasteiger partial charge on any atom is -1.00 e. The number of rotatable bonds is 3. The van der Waals surface area contributed by atoms with Crippen molar-refractivity contribution in [1.29, 1.82) is 0 Å². The first-order valence-electron chi connectivity index (χ1n) is 14.2. The van der Waals surface area contributed by atoms with Gasteiger partial charge in [-0.05, 0) is 23.1 Å². The smallest absolute Gasteiger partial charge is 0.0181 e. The molecule has 0 fully saturated rings. The summed E-state index contributed by atoms with van der Waals surface area (Å²) in [7, 11) is 0. The van der Waals surface area contributed by atoms with Crippen LogP contribution in [0.3, 0.4) is 0 Å². The van der Waals surface area contributed by atoms with Gasteiger partial charge in [-0.2, -0.15) is 23.3 Å². The molecule has 5 aromatic rings. The molecule has 1 aliphatic rings. The number of aryl methyl sites for hydroxylation is 1. The molecule has 0 radical (unpaired) electrons. The molecule has 1 aliphatic carbocycles. The van der Waals surface area contributed by atoms with Crippen LogP contribution in [0.2, 0.25) is 0 Å². The van der Waals surface area contributed by atoms with Crippen molar-refractivity contribution >= 4 is 3.21 Å². The normalized spacial score (nSPS) is 10.9. The summed E-state index contributed by atoms with van der Waals surface area (Å²) in [5, 5.41) is 0. The number of hydrogen-bond donors (Lipinski definition) is 0. The van der Waals surface area contributed by atoms with Crippen molar-refractivity contribution < 1.29 is 49.0 Å². The van der Waals surface area contributed by atoms with Crippen LogP contribution >= 0.6 is 0 Å². The molecular formula is C39H40Cl2Zr-2. The molecule has 0 spiro atoms. The van der Waals surface area contributed by atoms with Gasteiger partial charge in [-0.15, -0.1) is 29.3 Å². The van der Waals surface area contributed by atoms with Gasteiger partial charge >= 0.3 is 41.3 Å². The summed E-state index contributed by atoms with van der Waals surface area (Å²) in [6.07, 6.45) is 2.11. The summed E-state index contributed by atoms with van der Waals surface area (Å²) in [6.45, 7) is 13.2. The van der Waals surface area contributed by atoms with Crippen LogP contribution in [0.5, 0.6) is 0 Å². The average Bonchev–Trinajstić information content (AvgIpc) is 3.58. The fourth-order valence-corrected chi connectivity index (χ4v) is 4.90. The van der Waals surface area contributed by atoms with Crippen molar-refractivity contribution in [2.24, 2.45) is 0 Å². The summed E-state index contributed by atoms with van der Waals surface area (Å²) in [5.74, 6) is 0. The van der Waals surface area contributed by atoms with Crippen molar-refractivity contribution in [2.75, 3.05) is 0 Å². The maximum absolute atomic E-state index is 3.65. The number of fused-ring (bicyclic) bond motifs is 3. The van der Waals surface area contributed by atoms with Crippen LogP contribution in [-0.4, -0.2) is 3.21 Å². The second kappa shape index (κ2) is 16.4. The molecule has 0 unspecified atom stereocenters. The topological polar surface area (TPSA) is 0 Å². The fourth-order valence-electron chi connectivity index (χ4n) is 4.90. The van der Waals surface area contributed by atoms with E-state index in [1.807, 2.05) is 0 Å². The van der Waals surface area contributed by atoms with Gasteiger partial charge in [0.1, 0.15) is 0 Å². The molecule has 0 N–H and O–H groups in total. The van der Waals surface area contributed by atoms with Crippen LogP contribution in [0.1, 0.15) is 63.8 Å². The second-order valence-electron chi connectivity index (χ2n) is 11.7. The van der Waals surface area contributed by atoms with E-state index in [0.29, 0.717) is 5.41 Å². The maximum Gasteiger partial charge on any atom is -0.0181 e. The molecule has 0 atom stereocenters. The second-order valence-corrected chi connectivity index (χ2v) is 14.1. The molecule has 0 heterocycles. The first-order chi connectivity index (χ1) is 19.2. The molecule has 0 aromatic heterocycles. The Bertz CT molecular complexity index is 1470. The van der Waals surface area contributed by atoms with Crippen molar-refractivity contribution in [2.45, 2.75) is 59.8 Å². The molecule has 6 rings (SSSR count). The molecule has 216 valence electrons. The Hall–Kier alpha value is -2.44. The molecule has 0 saturated carbocycles. The van der Waals surface area contributed by atoms with Gasteiger partial charge in [0.25, 0.3) is 0 Å². The Morgan fingerprint density at radius 1 is 0.762 bits per heavy atom. The van der Waals surface area contributed by atoms with E-state index in [1.54, 1.807) is 24.2 Å². The van der Waals surface area contributed by atoms with Crippen LogP contribution in [0.4, 0.5) is 0 Å². The summed E-state index contributed by atoms with van der Waals surface area (Å²) in [6, 6.07) is 42.8. The quantitative estimate of drug-likeness (QED) is 0.245. The Balaban J connectivity index is 0.000000307. The molecule has 0 saturated heterocycles. The molecule has 0 aliphatic heterocycles. The van der Waals surface area contributed by atoms with Crippen LogP contribution in [-0.2, 0) is 42.5 Å². The molecule has 42 heavy (non-hydrogen) atoms. The number of benzene rings is 4. The summed E-state index contributed by atoms with van der Waals surface area (Å²) >= 11 is 1.55. The number of halogens is 2. The van der Waals surface area contributed by atoms with Crippen molar-refractivity contribution in [3.05, 3.63) is 138 Å². The van der Waals surface area contributed by atoms with E-state index in [4.69, 9.17) is 0 Å². The zero-order valence-electron chi connectivity index (χ0n) is 25.6. The third-order valence-corrected chi connectivity index (χ3v) is 7.07. The minimum atomic E-state index is 0. The van der Waals surface area contributed by atoms with E-state index in [2.05, 4.69) is 157 Å². The maximum atomic E-state index is 3.65. The van der Waals surface area contributed by atoms with Gasteiger partial charge in [0.05, 0.1) is 0 Å². The Morgan fingerprint density at radius 3 is 1.86 bits per heavy atom. The van der Waals surface area contributed by atoms with E-state index in [1.165, 1.54) is 58.8 Å². The zero-order valence-corrected chi connectivity index (χ0v) is 29.5. The summed E-state index contributed by atoms with van der Waals surface area (Å²) in [5.41, 5.74) is 13.6. The van der Waals surface area contributed by atoms with E-state index >= 15 is 0 Å². The fraction of sp³-hybridized carbons (Fsp3) is 0.231. The van der Waals surface area contributed by atoms with Gasteiger partial charge in [0.15, 0.2) is 0 Å². The molecule has 0 nitrogen and oxygen atoms in total. The predicted molar refractivity (Wildman–Crippen MR) is 171 cm³/mol. The van der Waals surface area contributed by atoms with Gasteiger partial charge in [-0.1, -0.05) is 135 Å². The molecule has 5 aromatic carbocycles. The van der Waals surface area contributed by atoms with Crippen molar-refractivity contribution in [3.8, 4) is 33.4 Å². The first-order valence-corrected chi connectivity index (χ1v) is 15.5. The van der Waals surface area contributed by atoms with E-state index < -0.39 is 0 Å². The summed E-state index contributed by atoms with van der Waals surface area (Å²) < 4.78 is 1.51. The average molecular weight is 671 g/mol. The largest absolute Gasteiger partial charge is 1.00 e. The van der Waals surface area contributed by atoms with Gasteiger partial charge in [0.2, 0.25) is 0 Å². The monoisotopic (exact) mass is 668 g/mol. The van der Waals surface area contributed by atoms with Crippen LogP contribution in [0.25, 0.3) is 33.4 Å². The van der Waals surface area contributed by atoms with E-state index in [0.717, 1.165) is 12.8 Å². The predicted octanol–water partition coefficient (Wildman–Crippen LogP) is 4.41. The van der Waals surface area contributed by atoms with Gasteiger partial charge in [-0.25, -0.2) is 6.07 Å². The Kier molecular flexibility index (Phi) is 14.0. The van der Waals surface area contributed by atoms with Gasteiger partial charge in [-0.3, -0.25) is 0 Å². The van der Waals surface area contributed by atoms with Crippen molar-refractivity contribution in [3.63, 3.8) is 0 Å². The molecule has 0 bridgehead atoms. The van der Waals surface area contributed by atoms with Crippen LogP contribution in [0, 0.1) is 6.07 Å². The molecular weight excluding hydrogens is 631 g/mol. The number of hydrogen-bond acceptors (Lipinski definition) is 0. The minimum absolute atomic E-state index is 0. The van der Waals surface area contributed by atoms with Crippen LogP contribution in [0.15, 0.2) is 109 Å². The third-order valence-electron chi connectivity index (χ3n) is 7.07.